The van der Waals surface area contributed by atoms with Crippen LogP contribution in [0.5, 0.6) is 11.5 Å². The van der Waals surface area contributed by atoms with Crippen LogP contribution < -0.4 is 20.1 Å². The Balaban J connectivity index is 1.22. The van der Waals surface area contributed by atoms with Crippen molar-refractivity contribution in [3.05, 3.63) is 58.5 Å². The number of fused-ring (bicyclic) bond motifs is 1. The number of rotatable bonds is 10. The van der Waals surface area contributed by atoms with Gasteiger partial charge in [-0.3, -0.25) is 15.0 Å². The van der Waals surface area contributed by atoms with Crippen molar-refractivity contribution in [2.75, 3.05) is 32.6 Å². The first kappa shape index (κ1) is 32.5. The van der Waals surface area contributed by atoms with Gasteiger partial charge in [-0.2, -0.15) is 18.2 Å². The maximum absolute atomic E-state index is 13.8. The number of imidazole rings is 1. The van der Waals surface area contributed by atoms with E-state index >= 15 is 0 Å². The molecule has 2 aromatic heterocycles. The third-order valence-corrected chi connectivity index (χ3v) is 8.76. The summed E-state index contributed by atoms with van der Waals surface area (Å²) in [5.41, 5.74) is 0.326. The fraction of sp³-hybridized carbons (Fsp3) is 0.387. The van der Waals surface area contributed by atoms with Crippen LogP contribution in [0, 0.1) is 11.3 Å². The molecule has 0 radical (unpaired) electrons. The molecule has 1 atom stereocenters. The molecule has 12 nitrogen and oxygen atoms in total. The van der Waals surface area contributed by atoms with Gasteiger partial charge in [0.1, 0.15) is 29.1 Å². The Kier molecular flexibility index (Phi) is 8.96. The van der Waals surface area contributed by atoms with Crippen molar-refractivity contribution in [1.82, 2.24) is 24.3 Å². The number of anilines is 2. The number of halogens is 4. The Bertz CT molecular complexity index is 1820. The van der Waals surface area contributed by atoms with Crippen molar-refractivity contribution in [1.29, 1.82) is 5.41 Å². The molecule has 1 aromatic carbocycles. The number of alkyl halides is 3. The Hall–Kier alpha value is -4.47. The number of aliphatic imine (C=N–C) groups is 1. The quantitative estimate of drug-likeness (QED) is 0.214. The van der Waals surface area contributed by atoms with E-state index in [2.05, 4.69) is 25.2 Å². The molecule has 4 N–H and O–H groups in total. The monoisotopic (exact) mass is 672 g/mol. The van der Waals surface area contributed by atoms with Crippen LogP contribution in [0.1, 0.15) is 31.2 Å². The Morgan fingerprint density at radius 1 is 1.26 bits per heavy atom. The first-order valence-corrected chi connectivity index (χ1v) is 15.4. The number of amides is 1. The number of likely N-dealkylation sites (N-methyl/N-ethyl adjacent to an activating group) is 1. The lowest BCUT2D eigenvalue weighted by molar-refractivity contribution is -0.529. The zero-order valence-electron chi connectivity index (χ0n) is 25.9. The SMILES string of the molecule is CN(C(=O)C1CC1)C1=C[NH2+]/C(=C(\C=N)Oc2cnc3nc(Nc4cc(OC[C@@H]5CCCN5C)cc(C(F)(F)F)c4)n(C)c3c2Cl)C=N1. The molecule has 16 heteroatoms. The van der Waals surface area contributed by atoms with Gasteiger partial charge in [-0.1, -0.05) is 11.6 Å². The molecule has 47 heavy (non-hydrogen) atoms. The summed E-state index contributed by atoms with van der Waals surface area (Å²) >= 11 is 6.74. The van der Waals surface area contributed by atoms with E-state index in [1.54, 1.807) is 30.2 Å². The van der Waals surface area contributed by atoms with Crippen molar-refractivity contribution in [2.24, 2.45) is 18.0 Å². The number of quaternary nitrogens is 1. The van der Waals surface area contributed by atoms with Crippen molar-refractivity contribution in [2.45, 2.75) is 37.9 Å². The Morgan fingerprint density at radius 3 is 2.68 bits per heavy atom. The second-order valence-electron chi connectivity index (χ2n) is 11.7. The molecule has 248 valence electrons. The first-order chi connectivity index (χ1) is 22.4. The van der Waals surface area contributed by atoms with E-state index in [0.29, 0.717) is 17.0 Å². The molecular weight excluding hydrogens is 639 g/mol. The van der Waals surface area contributed by atoms with E-state index < -0.39 is 11.7 Å². The smallest absolute Gasteiger partial charge is 0.416 e. The normalized spacial score (nSPS) is 19.5. The number of hydrogen-bond donors (Lipinski definition) is 3. The zero-order valence-corrected chi connectivity index (χ0v) is 26.7. The van der Waals surface area contributed by atoms with Gasteiger partial charge in [0.05, 0.1) is 24.2 Å². The Morgan fingerprint density at radius 2 is 2.04 bits per heavy atom. The molecule has 0 spiro atoms. The number of nitrogens with zero attached hydrogens (tertiary/aromatic N) is 6. The van der Waals surface area contributed by atoms with E-state index in [4.69, 9.17) is 26.5 Å². The van der Waals surface area contributed by atoms with Gasteiger partial charge in [-0.25, -0.2) is 9.98 Å². The van der Waals surface area contributed by atoms with Gasteiger partial charge in [0.15, 0.2) is 22.9 Å². The highest BCUT2D eigenvalue weighted by atomic mass is 35.5. The molecular formula is C31H34ClF3N9O3+. The zero-order chi connectivity index (χ0) is 33.5. The highest BCUT2D eigenvalue weighted by Crippen LogP contribution is 2.37. The standard InChI is InChI=1S/C31H33ClF3N9O3/c1-42-8-4-5-20(42)16-46-21-10-18(31(33,34)35)9-19(11-21)40-30-41-28-27(44(30)3)26(32)24(14-39-28)47-23(12-36)22-13-38-25(15-37-22)43(2)29(45)17-6-7-17/h9-15,17,20,36-37H,4-8,16H2,1-3H3,(H,39,40,41)/p+1/b23-22+,36-12?/t20-/m0/s1. The summed E-state index contributed by atoms with van der Waals surface area (Å²) in [6.07, 6.45) is 4.63. The van der Waals surface area contributed by atoms with Gasteiger partial charge >= 0.3 is 6.18 Å². The topological polar surface area (TPSA) is 138 Å². The summed E-state index contributed by atoms with van der Waals surface area (Å²) in [4.78, 5) is 29.2. The average Bonchev–Trinajstić information content (AvgIpc) is 3.75. The molecule has 3 aliphatic rings. The molecule has 1 amide bonds. The van der Waals surface area contributed by atoms with Gasteiger partial charge in [-0.05, 0) is 51.4 Å². The number of aromatic nitrogens is 3. The highest BCUT2D eigenvalue weighted by molar-refractivity contribution is 6.36. The van der Waals surface area contributed by atoms with Gasteiger partial charge in [0.25, 0.3) is 0 Å². The van der Waals surface area contributed by atoms with Crippen LogP contribution in [0.4, 0.5) is 24.8 Å². The van der Waals surface area contributed by atoms with Gasteiger partial charge in [0.2, 0.25) is 17.6 Å². The number of benzene rings is 1. The average molecular weight is 673 g/mol. The van der Waals surface area contributed by atoms with Crippen LogP contribution in [0.3, 0.4) is 0 Å². The van der Waals surface area contributed by atoms with E-state index in [1.165, 1.54) is 23.4 Å². The second kappa shape index (κ2) is 13.0. The van der Waals surface area contributed by atoms with Crippen LogP contribution in [-0.2, 0) is 18.0 Å². The lowest BCUT2D eigenvalue weighted by Gasteiger charge is -2.20. The summed E-state index contributed by atoms with van der Waals surface area (Å²) in [7, 11) is 5.28. The number of likely N-dealkylation sites (tertiary alicyclic amines) is 1. The van der Waals surface area contributed by atoms with Crippen molar-refractivity contribution >= 4 is 52.7 Å². The van der Waals surface area contributed by atoms with E-state index in [1.807, 2.05) is 7.05 Å². The largest absolute Gasteiger partial charge is 0.492 e. The predicted octanol–water partition coefficient (Wildman–Crippen LogP) is 4.41. The molecule has 2 aliphatic heterocycles. The van der Waals surface area contributed by atoms with E-state index in [9.17, 15) is 18.0 Å². The lowest BCUT2D eigenvalue weighted by atomic mass is 10.1. The summed E-state index contributed by atoms with van der Waals surface area (Å²) in [5, 5.41) is 12.7. The van der Waals surface area contributed by atoms with Crippen LogP contribution in [0.15, 0.2) is 52.9 Å². The number of carbonyl (C=O) groups excluding carboxylic acids is 1. The second-order valence-corrected chi connectivity index (χ2v) is 12.1. The number of aryl methyl sites for hydroxylation is 1. The molecule has 6 rings (SSSR count). The summed E-state index contributed by atoms with van der Waals surface area (Å²) in [5.74, 6) is 1.08. The van der Waals surface area contributed by atoms with Crippen molar-refractivity contribution < 1.29 is 32.8 Å². The van der Waals surface area contributed by atoms with Crippen molar-refractivity contribution in [3.63, 3.8) is 0 Å². The fourth-order valence-electron chi connectivity index (χ4n) is 5.46. The number of allylic oxidation sites excluding steroid dienone is 2. The van der Waals surface area contributed by atoms with Crippen LogP contribution >= 0.6 is 11.6 Å². The third-order valence-electron chi connectivity index (χ3n) is 8.39. The third kappa shape index (κ3) is 6.96. The molecule has 0 bridgehead atoms. The number of pyridine rings is 1. The summed E-state index contributed by atoms with van der Waals surface area (Å²) in [6.45, 7) is 1.20. The summed E-state index contributed by atoms with van der Waals surface area (Å²) < 4.78 is 54.8. The molecule has 4 heterocycles. The van der Waals surface area contributed by atoms with Crippen LogP contribution in [0.25, 0.3) is 11.2 Å². The van der Waals surface area contributed by atoms with Gasteiger partial charge in [0, 0.05) is 37.8 Å². The maximum atomic E-state index is 13.8. The molecule has 1 aliphatic carbocycles. The molecule has 0 unspecified atom stereocenters. The molecule has 1 saturated carbocycles. The minimum Gasteiger partial charge on any atom is -0.492 e. The molecule has 3 aromatic rings. The van der Waals surface area contributed by atoms with Crippen LogP contribution in [0.2, 0.25) is 5.02 Å². The first-order valence-electron chi connectivity index (χ1n) is 15.1. The highest BCUT2D eigenvalue weighted by Gasteiger charge is 2.34. The minimum atomic E-state index is -4.59. The number of ether oxygens (including phenoxy) is 2. The number of nitrogens with one attached hydrogen (secondary N) is 2. The predicted molar refractivity (Wildman–Crippen MR) is 170 cm³/mol. The summed E-state index contributed by atoms with van der Waals surface area (Å²) in [6, 6.07) is 3.61. The fourth-order valence-corrected chi connectivity index (χ4v) is 5.76. The number of hydrogen-bond acceptors (Lipinski definition) is 9. The van der Waals surface area contributed by atoms with E-state index in [0.717, 1.165) is 50.6 Å². The number of nitrogens with two attached hydrogens (primary N) is 1. The maximum Gasteiger partial charge on any atom is 0.416 e. The molecule has 2 fully saturated rings. The number of carbonyl (C=O) groups is 1. The molecule has 1 saturated heterocycles. The lowest BCUT2D eigenvalue weighted by Crippen LogP contribution is -2.78. The minimum absolute atomic E-state index is 0.0168. The van der Waals surface area contributed by atoms with Crippen molar-refractivity contribution in [3.8, 4) is 11.5 Å². The van der Waals surface area contributed by atoms with Gasteiger partial charge in [-0.15, -0.1) is 0 Å². The van der Waals surface area contributed by atoms with Crippen LogP contribution in [-0.4, -0.2) is 76.0 Å². The van der Waals surface area contributed by atoms with Gasteiger partial charge < -0.3 is 29.7 Å². The Labute approximate surface area is 273 Å². The van der Waals surface area contributed by atoms with E-state index in [-0.39, 0.29) is 64.0 Å².